The molecule has 0 radical (unpaired) electrons. The lowest BCUT2D eigenvalue weighted by atomic mass is 10.2. The summed E-state index contributed by atoms with van der Waals surface area (Å²) in [7, 11) is -1.11. The Morgan fingerprint density at radius 2 is 2.00 bits per heavy atom. The summed E-state index contributed by atoms with van der Waals surface area (Å²) < 4.78 is 24.5. The van der Waals surface area contributed by atoms with Crippen LogP contribution in [0.2, 0.25) is 5.02 Å². The number of nitrogens with zero attached hydrogens (tertiary/aromatic N) is 1. The Labute approximate surface area is 99.8 Å². The third kappa shape index (κ3) is 2.30. The predicted octanol–water partition coefficient (Wildman–Crippen LogP) is 1.41. The van der Waals surface area contributed by atoms with Crippen molar-refractivity contribution in [3.63, 3.8) is 0 Å². The van der Waals surface area contributed by atoms with E-state index in [-0.39, 0.29) is 10.6 Å². The van der Waals surface area contributed by atoms with E-state index >= 15 is 0 Å². The van der Waals surface area contributed by atoms with Crippen LogP contribution in [0.5, 0.6) is 0 Å². The monoisotopic (exact) mass is 264 g/mol. The number of nitrogen functional groups attached to an aromatic ring is 1. The van der Waals surface area contributed by atoms with Crippen LogP contribution >= 0.6 is 11.6 Å². The van der Waals surface area contributed by atoms with Gasteiger partial charge in [-0.1, -0.05) is 16.1 Å². The van der Waals surface area contributed by atoms with Gasteiger partial charge < -0.3 is 5.73 Å². The molecule has 1 aromatic carbocycles. The fraction of sp³-hybridized carbons (Fsp3) is 0.333. The van der Waals surface area contributed by atoms with Gasteiger partial charge in [-0.05, 0) is 24.6 Å². The highest BCUT2D eigenvalue weighted by Gasteiger charge is 2.22. The molecule has 0 spiro atoms. The number of hydroxylamine groups is 1. The van der Waals surface area contributed by atoms with Crippen LogP contribution in [0.25, 0.3) is 0 Å². The molecule has 0 bridgehead atoms. The SMILES string of the molecule is CON(C)S(=O)(=O)c1cc(C)c(Cl)c(N)c1. The van der Waals surface area contributed by atoms with Crippen LogP contribution in [0.4, 0.5) is 5.69 Å². The van der Waals surface area contributed by atoms with Crippen molar-refractivity contribution in [2.75, 3.05) is 19.9 Å². The average molecular weight is 265 g/mol. The fourth-order valence-corrected chi connectivity index (χ4v) is 2.36. The molecule has 0 aliphatic carbocycles. The standard InChI is InChI=1S/C9H13ClN2O3S/c1-6-4-7(5-8(11)9(6)10)16(13,14)12(2)15-3/h4-5H,11H2,1-3H3. The molecule has 0 unspecified atom stereocenters. The Morgan fingerprint density at radius 1 is 1.44 bits per heavy atom. The van der Waals surface area contributed by atoms with Crippen molar-refractivity contribution < 1.29 is 13.3 Å². The normalized spacial score (nSPS) is 12.1. The highest BCUT2D eigenvalue weighted by molar-refractivity contribution is 7.89. The van der Waals surface area contributed by atoms with Crippen LogP contribution < -0.4 is 5.73 Å². The maximum absolute atomic E-state index is 11.9. The van der Waals surface area contributed by atoms with Gasteiger partial charge in [0.25, 0.3) is 10.0 Å². The van der Waals surface area contributed by atoms with Crippen molar-refractivity contribution in [3.05, 3.63) is 22.7 Å². The molecule has 0 atom stereocenters. The number of benzene rings is 1. The Bertz CT molecular complexity index is 478. The van der Waals surface area contributed by atoms with Crippen LogP contribution in [0.1, 0.15) is 5.56 Å². The maximum atomic E-state index is 11.9. The molecule has 5 nitrogen and oxygen atoms in total. The Morgan fingerprint density at radius 3 is 2.44 bits per heavy atom. The fourth-order valence-electron chi connectivity index (χ4n) is 1.16. The van der Waals surface area contributed by atoms with Crippen molar-refractivity contribution >= 4 is 27.3 Å². The number of nitrogens with two attached hydrogens (primary N) is 1. The van der Waals surface area contributed by atoms with Crippen LogP contribution in [0.3, 0.4) is 0 Å². The quantitative estimate of drug-likeness (QED) is 0.662. The molecule has 90 valence electrons. The van der Waals surface area contributed by atoms with Crippen molar-refractivity contribution in [2.45, 2.75) is 11.8 Å². The number of hydrogen-bond acceptors (Lipinski definition) is 4. The number of halogens is 1. The lowest BCUT2D eigenvalue weighted by Crippen LogP contribution is -2.25. The van der Waals surface area contributed by atoms with Gasteiger partial charge in [-0.15, -0.1) is 0 Å². The second-order valence-electron chi connectivity index (χ2n) is 3.24. The molecule has 0 saturated heterocycles. The van der Waals surface area contributed by atoms with E-state index in [0.717, 1.165) is 4.47 Å². The Hall–Kier alpha value is -0.820. The van der Waals surface area contributed by atoms with Crippen molar-refractivity contribution in [1.29, 1.82) is 0 Å². The average Bonchev–Trinajstić information content (AvgIpc) is 2.23. The van der Waals surface area contributed by atoms with Gasteiger partial charge in [0, 0.05) is 7.05 Å². The zero-order valence-electron chi connectivity index (χ0n) is 9.19. The molecule has 7 heteroatoms. The topological polar surface area (TPSA) is 72.6 Å². The summed E-state index contributed by atoms with van der Waals surface area (Å²) in [5, 5.41) is 0.360. The molecule has 2 N–H and O–H groups in total. The molecule has 0 fully saturated rings. The Balaban J connectivity index is 3.36. The van der Waals surface area contributed by atoms with E-state index in [1.807, 2.05) is 0 Å². The first-order chi connectivity index (χ1) is 7.30. The molecule has 0 aliphatic heterocycles. The van der Waals surface area contributed by atoms with Gasteiger partial charge in [0.15, 0.2) is 0 Å². The first-order valence-corrected chi connectivity index (χ1v) is 6.21. The van der Waals surface area contributed by atoms with E-state index in [1.54, 1.807) is 6.92 Å². The number of anilines is 1. The predicted molar refractivity (Wildman–Crippen MR) is 62.6 cm³/mol. The first-order valence-electron chi connectivity index (χ1n) is 4.39. The minimum absolute atomic E-state index is 0.0521. The minimum Gasteiger partial charge on any atom is -0.397 e. The van der Waals surface area contributed by atoms with Gasteiger partial charge >= 0.3 is 0 Å². The van der Waals surface area contributed by atoms with Crippen LogP contribution in [-0.4, -0.2) is 27.0 Å². The molecule has 0 aromatic heterocycles. The minimum atomic E-state index is -3.68. The van der Waals surface area contributed by atoms with E-state index in [2.05, 4.69) is 4.84 Å². The van der Waals surface area contributed by atoms with Crippen LogP contribution in [0.15, 0.2) is 17.0 Å². The molecule has 0 heterocycles. The second kappa shape index (κ2) is 4.58. The highest BCUT2D eigenvalue weighted by Crippen LogP contribution is 2.27. The first kappa shape index (κ1) is 13.2. The van der Waals surface area contributed by atoms with Crippen LogP contribution in [-0.2, 0) is 14.9 Å². The number of aryl methyl sites for hydroxylation is 1. The van der Waals surface area contributed by atoms with Crippen molar-refractivity contribution in [2.24, 2.45) is 0 Å². The highest BCUT2D eigenvalue weighted by atomic mass is 35.5. The summed E-state index contributed by atoms with van der Waals surface area (Å²) >= 11 is 5.85. The lowest BCUT2D eigenvalue weighted by Gasteiger charge is -2.15. The maximum Gasteiger partial charge on any atom is 0.264 e. The summed E-state index contributed by atoms with van der Waals surface area (Å²) in [6, 6.07) is 2.75. The van der Waals surface area contributed by atoms with Crippen molar-refractivity contribution in [3.8, 4) is 0 Å². The Kier molecular flexibility index (Phi) is 3.80. The molecular weight excluding hydrogens is 252 g/mol. The van der Waals surface area contributed by atoms with E-state index in [1.165, 1.54) is 26.3 Å². The van der Waals surface area contributed by atoms with E-state index < -0.39 is 10.0 Å². The molecule has 0 saturated carbocycles. The van der Waals surface area contributed by atoms with E-state index in [0.29, 0.717) is 10.6 Å². The summed E-state index contributed by atoms with van der Waals surface area (Å²) in [6.45, 7) is 1.69. The second-order valence-corrected chi connectivity index (χ2v) is 5.55. The van der Waals surface area contributed by atoms with Gasteiger partial charge in [-0.25, -0.2) is 8.42 Å². The van der Waals surface area contributed by atoms with E-state index in [9.17, 15) is 8.42 Å². The van der Waals surface area contributed by atoms with Crippen LogP contribution in [0, 0.1) is 6.92 Å². The zero-order chi connectivity index (χ0) is 12.5. The summed E-state index contributed by atoms with van der Waals surface area (Å²) in [4.78, 5) is 4.70. The molecule has 1 rings (SSSR count). The molecular formula is C9H13ClN2O3S. The van der Waals surface area contributed by atoms with Gasteiger partial charge in [0.1, 0.15) is 0 Å². The molecule has 0 aliphatic rings. The largest absolute Gasteiger partial charge is 0.397 e. The molecule has 0 amide bonds. The smallest absolute Gasteiger partial charge is 0.264 e. The number of hydrogen-bond donors (Lipinski definition) is 1. The summed E-state index contributed by atoms with van der Waals surface area (Å²) in [5.74, 6) is 0. The van der Waals surface area contributed by atoms with Gasteiger partial charge in [0.2, 0.25) is 0 Å². The van der Waals surface area contributed by atoms with Crippen molar-refractivity contribution in [1.82, 2.24) is 4.47 Å². The van der Waals surface area contributed by atoms with Gasteiger partial charge in [0.05, 0.1) is 22.7 Å². The number of sulfonamides is 1. The van der Waals surface area contributed by atoms with E-state index in [4.69, 9.17) is 17.3 Å². The summed E-state index contributed by atoms with van der Waals surface area (Å²) in [6.07, 6.45) is 0. The number of rotatable bonds is 3. The summed E-state index contributed by atoms with van der Waals surface area (Å²) in [5.41, 5.74) is 6.43. The lowest BCUT2D eigenvalue weighted by molar-refractivity contribution is -0.0258. The van der Waals surface area contributed by atoms with Gasteiger partial charge in [-0.2, -0.15) is 0 Å². The molecule has 1 aromatic rings. The molecule has 16 heavy (non-hydrogen) atoms. The third-order valence-electron chi connectivity index (χ3n) is 2.15. The third-order valence-corrected chi connectivity index (χ3v) is 4.32. The zero-order valence-corrected chi connectivity index (χ0v) is 10.8. The van der Waals surface area contributed by atoms with Gasteiger partial charge in [-0.3, -0.25) is 4.84 Å².